The molecule has 0 bridgehead atoms. The molecule has 7 nitrogen and oxygen atoms in total. The summed E-state index contributed by atoms with van der Waals surface area (Å²) in [5.74, 6) is 0.439. The van der Waals surface area contributed by atoms with Crippen LogP contribution in [0.4, 0.5) is 11.5 Å². The SMILES string of the molecule is COC(=O)c1ccncc1Nc1c(-c2ccccc2)cnn1C1CCCNC1. The quantitative estimate of drug-likeness (QED) is 0.664. The maximum atomic E-state index is 12.2. The molecule has 1 atom stereocenters. The van der Waals surface area contributed by atoms with E-state index < -0.39 is 5.97 Å². The zero-order chi connectivity index (χ0) is 19.3. The number of methoxy groups -OCH3 is 1. The van der Waals surface area contributed by atoms with E-state index in [-0.39, 0.29) is 6.04 Å². The lowest BCUT2D eigenvalue weighted by molar-refractivity contribution is 0.0602. The fraction of sp³-hybridized carbons (Fsp3) is 0.286. The van der Waals surface area contributed by atoms with Gasteiger partial charge in [-0.15, -0.1) is 0 Å². The van der Waals surface area contributed by atoms with Gasteiger partial charge in [0, 0.05) is 18.3 Å². The number of esters is 1. The molecule has 2 aromatic heterocycles. The molecule has 1 saturated heterocycles. The molecule has 3 aromatic rings. The fourth-order valence-electron chi connectivity index (χ4n) is 3.54. The van der Waals surface area contributed by atoms with E-state index in [1.807, 2.05) is 29.1 Å². The molecular weight excluding hydrogens is 354 g/mol. The molecule has 1 fully saturated rings. The van der Waals surface area contributed by atoms with Crippen molar-refractivity contribution in [1.29, 1.82) is 0 Å². The second-order valence-electron chi connectivity index (χ2n) is 6.76. The first kappa shape index (κ1) is 18.2. The Morgan fingerprint density at radius 2 is 2.11 bits per heavy atom. The Balaban J connectivity index is 1.78. The molecule has 144 valence electrons. The van der Waals surface area contributed by atoms with Crippen LogP contribution in [0.2, 0.25) is 0 Å². The van der Waals surface area contributed by atoms with Crippen LogP contribution in [-0.4, -0.2) is 40.9 Å². The van der Waals surface area contributed by atoms with Gasteiger partial charge in [0.05, 0.1) is 36.8 Å². The van der Waals surface area contributed by atoms with Gasteiger partial charge in [0.2, 0.25) is 0 Å². The summed E-state index contributed by atoms with van der Waals surface area (Å²) in [7, 11) is 1.37. The third-order valence-corrected chi connectivity index (χ3v) is 4.98. The smallest absolute Gasteiger partial charge is 0.340 e. The summed E-state index contributed by atoms with van der Waals surface area (Å²) in [4.78, 5) is 16.4. The minimum absolute atomic E-state index is 0.243. The van der Waals surface area contributed by atoms with Gasteiger partial charge in [0.25, 0.3) is 0 Å². The van der Waals surface area contributed by atoms with Crippen molar-refractivity contribution in [2.75, 3.05) is 25.5 Å². The predicted molar refractivity (Wildman–Crippen MR) is 108 cm³/mol. The van der Waals surface area contributed by atoms with Crippen LogP contribution >= 0.6 is 0 Å². The molecule has 1 aromatic carbocycles. The van der Waals surface area contributed by atoms with Gasteiger partial charge in [0.1, 0.15) is 5.82 Å². The number of carbonyl (C=O) groups is 1. The third kappa shape index (κ3) is 3.61. The zero-order valence-electron chi connectivity index (χ0n) is 15.8. The number of pyridine rings is 1. The van der Waals surface area contributed by atoms with Crippen LogP contribution < -0.4 is 10.6 Å². The number of rotatable bonds is 5. The van der Waals surface area contributed by atoms with Crippen LogP contribution in [-0.2, 0) is 4.74 Å². The van der Waals surface area contributed by atoms with E-state index in [0.717, 1.165) is 42.9 Å². The minimum atomic E-state index is -0.406. The summed E-state index contributed by atoms with van der Waals surface area (Å²) >= 11 is 0. The van der Waals surface area contributed by atoms with Crippen molar-refractivity contribution in [3.8, 4) is 11.1 Å². The molecule has 1 aliphatic rings. The number of benzene rings is 1. The highest BCUT2D eigenvalue weighted by Gasteiger charge is 2.23. The second kappa shape index (κ2) is 8.22. The van der Waals surface area contributed by atoms with E-state index in [1.54, 1.807) is 18.5 Å². The maximum Gasteiger partial charge on any atom is 0.340 e. The molecule has 3 heterocycles. The Kier molecular flexibility index (Phi) is 5.34. The number of aromatic nitrogens is 3. The highest BCUT2D eigenvalue weighted by Crippen LogP contribution is 2.34. The van der Waals surface area contributed by atoms with Crippen molar-refractivity contribution in [1.82, 2.24) is 20.1 Å². The number of carbonyl (C=O) groups excluding carboxylic acids is 1. The predicted octanol–water partition coefficient (Wildman–Crippen LogP) is 3.40. The first-order valence-corrected chi connectivity index (χ1v) is 9.41. The largest absolute Gasteiger partial charge is 0.465 e. The molecule has 0 radical (unpaired) electrons. The Labute approximate surface area is 163 Å². The van der Waals surface area contributed by atoms with E-state index in [4.69, 9.17) is 4.74 Å². The van der Waals surface area contributed by atoms with Crippen LogP contribution in [0, 0.1) is 0 Å². The molecule has 4 rings (SSSR count). The van der Waals surface area contributed by atoms with Gasteiger partial charge in [-0.3, -0.25) is 4.98 Å². The maximum absolute atomic E-state index is 12.2. The van der Waals surface area contributed by atoms with Gasteiger partial charge in [0.15, 0.2) is 0 Å². The molecule has 7 heteroatoms. The van der Waals surface area contributed by atoms with Crippen LogP contribution in [0.25, 0.3) is 11.1 Å². The van der Waals surface area contributed by atoms with Crippen molar-refractivity contribution in [2.45, 2.75) is 18.9 Å². The van der Waals surface area contributed by atoms with Gasteiger partial charge in [-0.1, -0.05) is 30.3 Å². The van der Waals surface area contributed by atoms with Crippen molar-refractivity contribution in [3.63, 3.8) is 0 Å². The van der Waals surface area contributed by atoms with Crippen LogP contribution in [0.5, 0.6) is 0 Å². The Morgan fingerprint density at radius 3 is 2.86 bits per heavy atom. The fourth-order valence-corrected chi connectivity index (χ4v) is 3.54. The van der Waals surface area contributed by atoms with E-state index in [0.29, 0.717) is 11.3 Å². The lowest BCUT2D eigenvalue weighted by Gasteiger charge is -2.25. The molecule has 2 N–H and O–H groups in total. The van der Waals surface area contributed by atoms with E-state index >= 15 is 0 Å². The molecule has 0 spiro atoms. The number of nitrogens with zero attached hydrogens (tertiary/aromatic N) is 3. The van der Waals surface area contributed by atoms with Crippen LogP contribution in [0.1, 0.15) is 29.2 Å². The van der Waals surface area contributed by atoms with Crippen molar-refractivity contribution in [2.24, 2.45) is 0 Å². The van der Waals surface area contributed by atoms with Gasteiger partial charge in [-0.05, 0) is 31.0 Å². The number of nitrogens with one attached hydrogen (secondary N) is 2. The molecule has 1 unspecified atom stereocenters. The minimum Gasteiger partial charge on any atom is -0.465 e. The standard InChI is InChI=1S/C21H23N5O2/c1-28-21(27)17-9-11-23-14-19(17)25-20-18(15-6-3-2-4-7-15)13-24-26(20)16-8-5-10-22-12-16/h2-4,6-7,9,11,13-14,16,22,25H,5,8,10,12H2,1H3. The van der Waals surface area contributed by atoms with Crippen molar-refractivity contribution in [3.05, 3.63) is 60.6 Å². The topological polar surface area (TPSA) is 81.1 Å². The summed E-state index contributed by atoms with van der Waals surface area (Å²) in [6.45, 7) is 1.89. The second-order valence-corrected chi connectivity index (χ2v) is 6.76. The lowest BCUT2D eigenvalue weighted by Crippen LogP contribution is -2.32. The summed E-state index contributed by atoms with van der Waals surface area (Å²) in [5, 5.41) is 11.5. The molecule has 0 aliphatic carbocycles. The third-order valence-electron chi connectivity index (χ3n) is 4.98. The number of hydrogen-bond acceptors (Lipinski definition) is 6. The van der Waals surface area contributed by atoms with Crippen molar-refractivity contribution >= 4 is 17.5 Å². The summed E-state index contributed by atoms with van der Waals surface area (Å²) in [6.07, 6.45) is 7.25. The summed E-state index contributed by atoms with van der Waals surface area (Å²) in [6, 6.07) is 12.0. The molecule has 1 aliphatic heterocycles. The highest BCUT2D eigenvalue weighted by atomic mass is 16.5. The van der Waals surface area contributed by atoms with E-state index in [9.17, 15) is 4.79 Å². The summed E-state index contributed by atoms with van der Waals surface area (Å²) < 4.78 is 6.93. The highest BCUT2D eigenvalue weighted by molar-refractivity contribution is 5.96. The first-order valence-electron chi connectivity index (χ1n) is 9.41. The average Bonchev–Trinajstić information content (AvgIpc) is 3.18. The van der Waals surface area contributed by atoms with Gasteiger partial charge >= 0.3 is 5.97 Å². The summed E-state index contributed by atoms with van der Waals surface area (Å²) in [5.41, 5.74) is 3.07. The zero-order valence-corrected chi connectivity index (χ0v) is 15.8. The Morgan fingerprint density at radius 1 is 1.25 bits per heavy atom. The van der Waals surface area contributed by atoms with Gasteiger partial charge in [-0.25, -0.2) is 9.48 Å². The molecular formula is C21H23N5O2. The average molecular weight is 377 g/mol. The Hall–Kier alpha value is -3.19. The molecule has 0 amide bonds. The molecule has 0 saturated carbocycles. The van der Waals surface area contributed by atoms with Gasteiger partial charge < -0.3 is 15.4 Å². The van der Waals surface area contributed by atoms with E-state index in [1.165, 1.54) is 7.11 Å². The monoisotopic (exact) mass is 377 g/mol. The van der Waals surface area contributed by atoms with E-state index in [2.05, 4.69) is 32.8 Å². The normalized spacial score (nSPS) is 16.5. The number of hydrogen-bond donors (Lipinski definition) is 2. The van der Waals surface area contributed by atoms with Gasteiger partial charge in [-0.2, -0.15) is 5.10 Å². The van der Waals surface area contributed by atoms with Crippen LogP contribution in [0.15, 0.2) is 55.0 Å². The number of anilines is 2. The first-order chi connectivity index (χ1) is 13.8. The lowest BCUT2D eigenvalue weighted by atomic mass is 10.1. The molecule has 28 heavy (non-hydrogen) atoms. The van der Waals surface area contributed by atoms with Crippen molar-refractivity contribution < 1.29 is 9.53 Å². The van der Waals surface area contributed by atoms with Crippen LogP contribution in [0.3, 0.4) is 0 Å². The number of piperidine rings is 1. The number of ether oxygens (including phenoxy) is 1. The Bertz CT molecular complexity index is 948.